The summed E-state index contributed by atoms with van der Waals surface area (Å²) in [5.41, 5.74) is 6.61. The van der Waals surface area contributed by atoms with Crippen molar-refractivity contribution in [2.45, 2.75) is 19.9 Å². The molecule has 0 atom stereocenters. The van der Waals surface area contributed by atoms with Crippen LogP contribution in [0.5, 0.6) is 23.1 Å². The van der Waals surface area contributed by atoms with Gasteiger partial charge in [0, 0.05) is 18.8 Å². The molecule has 0 radical (unpaired) electrons. The Morgan fingerprint density at radius 2 is 2.00 bits per heavy atom. The fraction of sp³-hybridized carbons (Fsp3) is 0.312. The maximum atomic E-state index is 5.82. The van der Waals surface area contributed by atoms with Gasteiger partial charge in [-0.3, -0.25) is 0 Å². The van der Waals surface area contributed by atoms with E-state index in [2.05, 4.69) is 4.98 Å². The van der Waals surface area contributed by atoms with Gasteiger partial charge in [0.25, 0.3) is 5.88 Å². The van der Waals surface area contributed by atoms with Crippen LogP contribution in [0.25, 0.3) is 0 Å². The average Bonchev–Trinajstić information content (AvgIpc) is 2.53. The summed E-state index contributed by atoms with van der Waals surface area (Å²) in [5.74, 6) is 2.37. The molecule has 0 saturated carbocycles. The van der Waals surface area contributed by atoms with Crippen LogP contribution in [-0.2, 0) is 6.54 Å². The Bertz CT molecular complexity index is 565. The lowest BCUT2D eigenvalue weighted by Crippen LogP contribution is -2.00. The fourth-order valence-corrected chi connectivity index (χ4v) is 1.81. The molecule has 1 heterocycles. The van der Waals surface area contributed by atoms with Gasteiger partial charge in [0.2, 0.25) is 0 Å². The van der Waals surface area contributed by atoms with Crippen molar-refractivity contribution in [1.29, 1.82) is 0 Å². The number of hydrogen-bond acceptors (Lipinski definition) is 5. The van der Waals surface area contributed by atoms with Crippen molar-refractivity contribution in [3.05, 3.63) is 42.1 Å². The lowest BCUT2D eigenvalue weighted by molar-refractivity contribution is 0.297. The first-order chi connectivity index (χ1) is 10.3. The third kappa shape index (κ3) is 4.10. The number of rotatable bonds is 7. The molecule has 0 aliphatic carbocycles. The maximum absolute atomic E-state index is 5.82. The maximum Gasteiger partial charge on any atom is 0.262 e. The highest BCUT2D eigenvalue weighted by molar-refractivity contribution is 5.42. The Hall–Kier alpha value is -2.27. The Kier molecular flexibility index (Phi) is 5.40. The fourth-order valence-electron chi connectivity index (χ4n) is 1.81. The number of methoxy groups -OCH3 is 1. The molecule has 0 aliphatic heterocycles. The van der Waals surface area contributed by atoms with Crippen LogP contribution in [0, 0.1) is 0 Å². The van der Waals surface area contributed by atoms with Gasteiger partial charge in [-0.2, -0.15) is 0 Å². The number of aromatic nitrogens is 1. The van der Waals surface area contributed by atoms with E-state index in [0.29, 0.717) is 36.3 Å². The molecule has 1 aromatic carbocycles. The van der Waals surface area contributed by atoms with Crippen LogP contribution in [0.2, 0.25) is 0 Å². The van der Waals surface area contributed by atoms with E-state index < -0.39 is 0 Å². The van der Waals surface area contributed by atoms with Crippen LogP contribution >= 0.6 is 0 Å². The molecule has 5 nitrogen and oxygen atoms in total. The number of nitrogens with two attached hydrogens (primary N) is 1. The van der Waals surface area contributed by atoms with Crippen molar-refractivity contribution < 1.29 is 14.2 Å². The summed E-state index contributed by atoms with van der Waals surface area (Å²) in [7, 11) is 1.61. The van der Waals surface area contributed by atoms with E-state index in [1.807, 2.05) is 31.2 Å². The van der Waals surface area contributed by atoms with E-state index in [4.69, 9.17) is 19.9 Å². The highest BCUT2D eigenvalue weighted by atomic mass is 16.5. The molecular formula is C16H20N2O3. The molecule has 112 valence electrons. The lowest BCUT2D eigenvalue weighted by Gasteiger charge is -2.12. The van der Waals surface area contributed by atoms with E-state index in [9.17, 15) is 0 Å². The predicted octanol–water partition coefficient (Wildman–Crippen LogP) is 3.13. The second kappa shape index (κ2) is 7.50. The van der Waals surface area contributed by atoms with Gasteiger partial charge in [-0.25, -0.2) is 4.98 Å². The van der Waals surface area contributed by atoms with Crippen LogP contribution in [-0.4, -0.2) is 18.7 Å². The molecule has 5 heteroatoms. The van der Waals surface area contributed by atoms with Crippen molar-refractivity contribution >= 4 is 0 Å². The van der Waals surface area contributed by atoms with E-state index in [1.165, 1.54) is 0 Å². The Morgan fingerprint density at radius 3 is 2.71 bits per heavy atom. The average molecular weight is 288 g/mol. The van der Waals surface area contributed by atoms with Crippen molar-refractivity contribution in [2.24, 2.45) is 5.73 Å². The number of pyridine rings is 1. The summed E-state index contributed by atoms with van der Waals surface area (Å²) >= 11 is 0. The van der Waals surface area contributed by atoms with Crippen LogP contribution in [0.1, 0.15) is 18.9 Å². The zero-order valence-corrected chi connectivity index (χ0v) is 12.3. The Morgan fingerprint density at radius 1 is 1.19 bits per heavy atom. The van der Waals surface area contributed by atoms with Gasteiger partial charge in [0.1, 0.15) is 11.5 Å². The quantitative estimate of drug-likeness (QED) is 0.847. The molecule has 0 spiro atoms. The molecule has 21 heavy (non-hydrogen) atoms. The van der Waals surface area contributed by atoms with Gasteiger partial charge in [0.15, 0.2) is 5.75 Å². The molecule has 0 saturated heterocycles. The van der Waals surface area contributed by atoms with Gasteiger partial charge in [0.05, 0.1) is 13.7 Å². The number of nitrogens with zero attached hydrogens (tertiary/aromatic N) is 1. The van der Waals surface area contributed by atoms with Crippen LogP contribution in [0.4, 0.5) is 0 Å². The van der Waals surface area contributed by atoms with E-state index >= 15 is 0 Å². The Labute approximate surface area is 124 Å². The van der Waals surface area contributed by atoms with Crippen LogP contribution in [0.15, 0.2) is 36.5 Å². The molecule has 1 aromatic heterocycles. The Balaban J connectivity index is 2.25. The molecule has 0 amide bonds. The SMILES string of the molecule is CCCOc1cccnc1Oc1cc(CN)cc(OC)c1. The molecular weight excluding hydrogens is 268 g/mol. The minimum absolute atomic E-state index is 0.412. The topological polar surface area (TPSA) is 66.6 Å². The number of hydrogen-bond donors (Lipinski definition) is 1. The highest BCUT2D eigenvalue weighted by Gasteiger charge is 2.09. The van der Waals surface area contributed by atoms with Gasteiger partial charge in [-0.1, -0.05) is 6.92 Å². The number of ether oxygens (including phenoxy) is 3. The van der Waals surface area contributed by atoms with Gasteiger partial charge in [-0.05, 0) is 36.2 Å². The van der Waals surface area contributed by atoms with Crippen molar-refractivity contribution in [2.75, 3.05) is 13.7 Å². The van der Waals surface area contributed by atoms with Crippen LogP contribution in [0.3, 0.4) is 0 Å². The third-order valence-electron chi connectivity index (χ3n) is 2.82. The lowest BCUT2D eigenvalue weighted by atomic mass is 10.2. The minimum Gasteiger partial charge on any atom is -0.497 e. The van der Waals surface area contributed by atoms with Crippen LogP contribution < -0.4 is 19.9 Å². The molecule has 0 aliphatic rings. The summed E-state index contributed by atoms with van der Waals surface area (Å²) < 4.78 is 16.7. The molecule has 0 unspecified atom stereocenters. The van der Waals surface area contributed by atoms with Crippen molar-refractivity contribution in [3.8, 4) is 23.1 Å². The van der Waals surface area contributed by atoms with Crippen molar-refractivity contribution in [1.82, 2.24) is 4.98 Å². The first kappa shape index (κ1) is 15.1. The summed E-state index contributed by atoms with van der Waals surface area (Å²) in [6.45, 7) is 3.08. The minimum atomic E-state index is 0.412. The first-order valence-electron chi connectivity index (χ1n) is 6.90. The zero-order valence-electron chi connectivity index (χ0n) is 12.3. The standard InChI is InChI=1S/C16H20N2O3/c1-3-7-20-15-5-4-6-18-16(15)21-14-9-12(11-17)8-13(10-14)19-2/h4-6,8-10H,3,7,11,17H2,1-2H3. The number of benzene rings is 1. The van der Waals surface area contributed by atoms with Gasteiger partial charge < -0.3 is 19.9 Å². The summed E-state index contributed by atoms with van der Waals surface area (Å²) in [6.07, 6.45) is 2.59. The second-order valence-electron chi connectivity index (χ2n) is 4.48. The third-order valence-corrected chi connectivity index (χ3v) is 2.82. The second-order valence-corrected chi connectivity index (χ2v) is 4.48. The monoisotopic (exact) mass is 288 g/mol. The normalized spacial score (nSPS) is 10.2. The predicted molar refractivity (Wildman–Crippen MR) is 81.0 cm³/mol. The summed E-state index contributed by atoms with van der Waals surface area (Å²) in [6, 6.07) is 9.18. The van der Waals surface area contributed by atoms with Gasteiger partial charge in [-0.15, -0.1) is 0 Å². The first-order valence-corrected chi connectivity index (χ1v) is 6.90. The molecule has 2 N–H and O–H groups in total. The molecule has 0 bridgehead atoms. The molecule has 2 rings (SSSR count). The summed E-state index contributed by atoms with van der Waals surface area (Å²) in [4.78, 5) is 4.22. The smallest absolute Gasteiger partial charge is 0.262 e. The zero-order chi connectivity index (χ0) is 15.1. The van der Waals surface area contributed by atoms with E-state index in [-0.39, 0.29) is 0 Å². The largest absolute Gasteiger partial charge is 0.497 e. The highest BCUT2D eigenvalue weighted by Crippen LogP contribution is 2.31. The van der Waals surface area contributed by atoms with E-state index in [0.717, 1.165) is 12.0 Å². The van der Waals surface area contributed by atoms with E-state index in [1.54, 1.807) is 19.4 Å². The van der Waals surface area contributed by atoms with Crippen molar-refractivity contribution in [3.63, 3.8) is 0 Å². The summed E-state index contributed by atoms with van der Waals surface area (Å²) in [5, 5.41) is 0. The molecule has 0 fully saturated rings. The van der Waals surface area contributed by atoms with Gasteiger partial charge >= 0.3 is 0 Å². The molecule has 2 aromatic rings.